The van der Waals surface area contributed by atoms with E-state index < -0.39 is 29.9 Å². The zero-order valence-corrected chi connectivity index (χ0v) is 9.75. The number of carbonyl (C=O) groups is 2. The Bertz CT molecular complexity index is 264. The maximum Gasteiger partial charge on any atom is 0.380 e. The minimum atomic E-state index is -3.81. The fourth-order valence-corrected chi connectivity index (χ4v) is 0.958. The van der Waals surface area contributed by atoms with E-state index in [1.165, 1.54) is 20.8 Å². The fraction of sp³-hybridized carbons (Fsp3) is 0.800. The summed E-state index contributed by atoms with van der Waals surface area (Å²) in [5.74, 6) is -6.80. The van der Waals surface area contributed by atoms with E-state index in [2.05, 4.69) is 9.47 Å². The Morgan fingerprint density at radius 1 is 1.31 bits per heavy atom. The van der Waals surface area contributed by atoms with Crippen LogP contribution >= 0.6 is 0 Å². The molecule has 0 aliphatic rings. The Balaban J connectivity index is 4.72. The van der Waals surface area contributed by atoms with Crippen LogP contribution in [0.2, 0.25) is 0 Å². The van der Waals surface area contributed by atoms with E-state index in [1.54, 1.807) is 0 Å². The molecule has 0 fully saturated rings. The van der Waals surface area contributed by atoms with E-state index in [0.29, 0.717) is 0 Å². The second-order valence-corrected chi connectivity index (χ2v) is 3.60. The van der Waals surface area contributed by atoms with Crippen molar-refractivity contribution in [2.45, 2.75) is 39.2 Å². The van der Waals surface area contributed by atoms with Gasteiger partial charge in [0, 0.05) is 0 Å². The summed E-state index contributed by atoms with van der Waals surface area (Å²) >= 11 is 0. The van der Waals surface area contributed by atoms with E-state index in [0.717, 1.165) is 7.11 Å². The molecule has 94 valence electrons. The number of rotatable bonds is 5. The molecule has 0 aromatic carbocycles. The highest BCUT2D eigenvalue weighted by Crippen LogP contribution is 2.26. The van der Waals surface area contributed by atoms with Gasteiger partial charge < -0.3 is 9.47 Å². The van der Waals surface area contributed by atoms with Crippen LogP contribution in [0.5, 0.6) is 0 Å². The summed E-state index contributed by atoms with van der Waals surface area (Å²) in [6.07, 6.45) is -1.95. The number of methoxy groups -OCH3 is 1. The zero-order chi connectivity index (χ0) is 12.9. The number of hydrogen-bond acceptors (Lipinski definition) is 4. The van der Waals surface area contributed by atoms with E-state index >= 15 is 0 Å². The van der Waals surface area contributed by atoms with Crippen LogP contribution in [0.3, 0.4) is 0 Å². The van der Waals surface area contributed by atoms with Crippen LogP contribution in [-0.4, -0.2) is 31.1 Å². The molecule has 0 aliphatic carbocycles. The molecule has 0 aliphatic heterocycles. The second kappa shape index (κ2) is 5.77. The van der Waals surface area contributed by atoms with Crippen molar-refractivity contribution in [3.63, 3.8) is 0 Å². The van der Waals surface area contributed by atoms with Gasteiger partial charge in [-0.15, -0.1) is 0 Å². The molecule has 6 heteroatoms. The molecule has 1 unspecified atom stereocenters. The molecular weight excluding hydrogens is 222 g/mol. The molecule has 0 heterocycles. The van der Waals surface area contributed by atoms with Gasteiger partial charge in [0.2, 0.25) is 0 Å². The van der Waals surface area contributed by atoms with Crippen LogP contribution in [0.25, 0.3) is 0 Å². The van der Waals surface area contributed by atoms with Crippen molar-refractivity contribution < 1.29 is 27.8 Å². The van der Waals surface area contributed by atoms with Crippen LogP contribution in [-0.2, 0) is 19.1 Å². The van der Waals surface area contributed by atoms with Crippen LogP contribution in [0.4, 0.5) is 8.78 Å². The van der Waals surface area contributed by atoms with Crippen LogP contribution < -0.4 is 0 Å². The highest BCUT2D eigenvalue weighted by molar-refractivity contribution is 5.79. The Kier molecular flexibility index (Phi) is 5.33. The Labute approximate surface area is 92.9 Å². The molecule has 1 atom stereocenters. The summed E-state index contributed by atoms with van der Waals surface area (Å²) in [6, 6.07) is 0. The number of alkyl halides is 2. The van der Waals surface area contributed by atoms with E-state index in [-0.39, 0.29) is 6.42 Å². The first-order valence-corrected chi connectivity index (χ1v) is 4.94. The van der Waals surface area contributed by atoms with Gasteiger partial charge in [-0.25, -0.2) is 4.79 Å². The van der Waals surface area contributed by atoms with Gasteiger partial charge in [-0.1, -0.05) is 20.8 Å². The van der Waals surface area contributed by atoms with Crippen LogP contribution in [0.1, 0.15) is 27.2 Å². The maximum atomic E-state index is 13.4. The third-order valence-corrected chi connectivity index (χ3v) is 1.96. The van der Waals surface area contributed by atoms with Crippen molar-refractivity contribution in [1.29, 1.82) is 0 Å². The minimum Gasteiger partial charge on any atom is -0.464 e. The van der Waals surface area contributed by atoms with Crippen molar-refractivity contribution >= 4 is 11.9 Å². The molecule has 0 amide bonds. The van der Waals surface area contributed by atoms with Crippen molar-refractivity contribution in [3.8, 4) is 0 Å². The highest BCUT2D eigenvalue weighted by Gasteiger charge is 2.50. The molecule has 0 radical (unpaired) electrons. The van der Waals surface area contributed by atoms with Gasteiger partial charge in [-0.3, -0.25) is 4.79 Å². The largest absolute Gasteiger partial charge is 0.464 e. The average Bonchev–Trinajstić information content (AvgIpc) is 2.23. The molecule has 16 heavy (non-hydrogen) atoms. The summed E-state index contributed by atoms with van der Waals surface area (Å²) in [5.41, 5.74) is 0. The number of ether oxygens (including phenoxy) is 2. The first-order chi connectivity index (χ1) is 7.27. The lowest BCUT2D eigenvalue weighted by molar-refractivity contribution is -0.197. The van der Waals surface area contributed by atoms with Crippen molar-refractivity contribution in [2.75, 3.05) is 7.11 Å². The zero-order valence-electron chi connectivity index (χ0n) is 9.75. The standard InChI is InChI=1S/C10H16F2O4/c1-5-7(16-8(13)6(2)3)10(11,12)9(14)15-4/h6-7H,5H2,1-4H3. The lowest BCUT2D eigenvalue weighted by Gasteiger charge is -2.24. The summed E-state index contributed by atoms with van der Waals surface area (Å²) in [6.45, 7) is 4.44. The maximum absolute atomic E-state index is 13.4. The van der Waals surface area contributed by atoms with Gasteiger partial charge in [-0.05, 0) is 6.42 Å². The fourth-order valence-electron chi connectivity index (χ4n) is 0.958. The Morgan fingerprint density at radius 3 is 2.12 bits per heavy atom. The molecule has 4 nitrogen and oxygen atoms in total. The molecule has 0 aromatic rings. The number of esters is 2. The SMILES string of the molecule is CCC(OC(=O)C(C)C)C(F)(F)C(=O)OC. The van der Waals surface area contributed by atoms with Crippen molar-refractivity contribution in [1.82, 2.24) is 0 Å². The summed E-state index contributed by atoms with van der Waals surface area (Å²) in [4.78, 5) is 22.0. The van der Waals surface area contributed by atoms with E-state index in [9.17, 15) is 18.4 Å². The lowest BCUT2D eigenvalue weighted by Crippen LogP contribution is -2.45. The summed E-state index contributed by atoms with van der Waals surface area (Å²) in [7, 11) is 0.854. The second-order valence-electron chi connectivity index (χ2n) is 3.60. The number of carbonyl (C=O) groups excluding carboxylic acids is 2. The Hall–Kier alpha value is -1.20. The van der Waals surface area contributed by atoms with Crippen LogP contribution in [0, 0.1) is 5.92 Å². The smallest absolute Gasteiger partial charge is 0.380 e. The molecule has 0 bridgehead atoms. The monoisotopic (exact) mass is 238 g/mol. The van der Waals surface area contributed by atoms with E-state index in [4.69, 9.17) is 0 Å². The third kappa shape index (κ3) is 3.43. The quantitative estimate of drug-likeness (QED) is 0.685. The average molecular weight is 238 g/mol. The lowest BCUT2D eigenvalue weighted by atomic mass is 10.1. The van der Waals surface area contributed by atoms with Gasteiger partial charge >= 0.3 is 17.9 Å². The molecule has 0 saturated heterocycles. The van der Waals surface area contributed by atoms with Gasteiger partial charge in [0.05, 0.1) is 13.0 Å². The predicted molar refractivity (Wildman–Crippen MR) is 52.0 cm³/mol. The number of hydrogen-bond donors (Lipinski definition) is 0. The predicted octanol–water partition coefficient (Wildman–Crippen LogP) is 1.77. The van der Waals surface area contributed by atoms with E-state index in [1.807, 2.05) is 0 Å². The van der Waals surface area contributed by atoms with Gasteiger partial charge in [0.1, 0.15) is 0 Å². The van der Waals surface area contributed by atoms with Crippen molar-refractivity contribution in [2.24, 2.45) is 5.92 Å². The molecule has 0 N–H and O–H groups in total. The van der Waals surface area contributed by atoms with Crippen LogP contribution in [0.15, 0.2) is 0 Å². The molecule has 0 rings (SSSR count). The normalized spacial score (nSPS) is 13.4. The van der Waals surface area contributed by atoms with Gasteiger partial charge in [0.25, 0.3) is 0 Å². The van der Waals surface area contributed by atoms with Gasteiger partial charge in [-0.2, -0.15) is 8.78 Å². The Morgan fingerprint density at radius 2 is 1.81 bits per heavy atom. The van der Waals surface area contributed by atoms with Gasteiger partial charge in [0.15, 0.2) is 6.10 Å². The first kappa shape index (κ1) is 14.8. The molecule has 0 spiro atoms. The topological polar surface area (TPSA) is 52.6 Å². The summed E-state index contributed by atoms with van der Waals surface area (Å²) < 4.78 is 35.2. The molecule has 0 aromatic heterocycles. The van der Waals surface area contributed by atoms with Crippen molar-refractivity contribution in [3.05, 3.63) is 0 Å². The molecule has 0 saturated carbocycles. The first-order valence-electron chi connectivity index (χ1n) is 4.94. The number of halogens is 2. The molecular formula is C10H16F2O4. The minimum absolute atomic E-state index is 0.166. The summed E-state index contributed by atoms with van der Waals surface area (Å²) in [5, 5.41) is 0. The third-order valence-electron chi connectivity index (χ3n) is 1.96. The highest BCUT2D eigenvalue weighted by atomic mass is 19.3.